The van der Waals surface area contributed by atoms with E-state index in [9.17, 15) is 13.2 Å². The maximum absolute atomic E-state index is 12.7. The summed E-state index contributed by atoms with van der Waals surface area (Å²) in [4.78, 5) is 0. The summed E-state index contributed by atoms with van der Waals surface area (Å²) in [6.45, 7) is 0.982. The van der Waals surface area contributed by atoms with E-state index in [1.165, 1.54) is 33.1 Å². The van der Waals surface area contributed by atoms with Crippen LogP contribution in [0.4, 0.5) is 13.2 Å². The molecule has 0 saturated carbocycles. The van der Waals surface area contributed by atoms with Gasteiger partial charge in [-0.25, -0.2) is 0 Å². The summed E-state index contributed by atoms with van der Waals surface area (Å²) in [6.07, 6.45) is -1.16. The Labute approximate surface area is 128 Å². The van der Waals surface area contributed by atoms with E-state index in [4.69, 9.17) is 9.47 Å². The maximum atomic E-state index is 12.7. The zero-order chi connectivity index (χ0) is 16.2. The fourth-order valence-electron chi connectivity index (χ4n) is 2.90. The normalized spacial score (nSPS) is 19.0. The minimum atomic E-state index is -4.27. The number of piperidine rings is 1. The van der Waals surface area contributed by atoms with Crippen molar-refractivity contribution in [3.05, 3.63) is 23.3 Å². The van der Waals surface area contributed by atoms with E-state index in [-0.39, 0.29) is 11.3 Å². The second kappa shape index (κ2) is 7.22. The van der Waals surface area contributed by atoms with Gasteiger partial charge in [-0.3, -0.25) is 0 Å². The van der Waals surface area contributed by atoms with Crippen LogP contribution in [0.3, 0.4) is 0 Å². The predicted molar refractivity (Wildman–Crippen MR) is 78.7 cm³/mol. The molecule has 1 N–H and O–H groups in total. The van der Waals surface area contributed by atoms with Crippen LogP contribution in [0.5, 0.6) is 11.5 Å². The molecule has 2 rings (SSSR count). The molecule has 0 amide bonds. The summed E-state index contributed by atoms with van der Waals surface area (Å²) >= 11 is 0. The van der Waals surface area contributed by atoms with Gasteiger partial charge in [0.2, 0.25) is 0 Å². The fraction of sp³-hybridized carbons (Fsp3) is 0.625. The monoisotopic (exact) mass is 317 g/mol. The van der Waals surface area contributed by atoms with Crippen molar-refractivity contribution in [2.24, 2.45) is 0 Å². The predicted octanol–water partition coefficient (Wildman–Crippen LogP) is 3.49. The van der Waals surface area contributed by atoms with Gasteiger partial charge in [0.1, 0.15) is 11.5 Å². The highest BCUT2D eigenvalue weighted by Crippen LogP contribution is 2.34. The number of alkyl halides is 3. The van der Waals surface area contributed by atoms with E-state index in [0.29, 0.717) is 11.8 Å². The molecule has 1 saturated heterocycles. The molecular formula is C16H22F3NO2. The molecule has 0 radical (unpaired) electrons. The van der Waals surface area contributed by atoms with Gasteiger partial charge in [-0.2, -0.15) is 13.2 Å². The quantitative estimate of drug-likeness (QED) is 0.902. The molecular weight excluding hydrogens is 295 g/mol. The van der Waals surface area contributed by atoms with E-state index in [1.807, 2.05) is 0 Å². The van der Waals surface area contributed by atoms with Gasteiger partial charge in [-0.15, -0.1) is 0 Å². The number of benzene rings is 1. The zero-order valence-electron chi connectivity index (χ0n) is 12.9. The number of hydrogen-bond acceptors (Lipinski definition) is 3. The van der Waals surface area contributed by atoms with Crippen molar-refractivity contribution in [3.8, 4) is 11.5 Å². The van der Waals surface area contributed by atoms with Gasteiger partial charge in [0.25, 0.3) is 0 Å². The topological polar surface area (TPSA) is 30.5 Å². The first-order valence-corrected chi connectivity index (χ1v) is 7.47. The smallest absolute Gasteiger partial charge is 0.393 e. The van der Waals surface area contributed by atoms with Crippen molar-refractivity contribution < 1.29 is 22.6 Å². The van der Waals surface area contributed by atoms with Crippen LogP contribution in [0.2, 0.25) is 0 Å². The van der Waals surface area contributed by atoms with E-state index >= 15 is 0 Å². The molecule has 1 aromatic carbocycles. The number of hydrogen-bond donors (Lipinski definition) is 1. The lowest BCUT2D eigenvalue weighted by atomic mass is 9.95. The standard InChI is InChI=1S/C16H22F3NO2/c1-21-14-9-12(10-16(17,18)19)15(22-2)8-11(14)7-13-5-3-4-6-20-13/h8-9,13,20H,3-7,10H2,1-2H3. The third kappa shape index (κ3) is 4.53. The molecule has 0 aromatic heterocycles. The fourth-order valence-corrected chi connectivity index (χ4v) is 2.90. The van der Waals surface area contributed by atoms with Gasteiger partial charge >= 0.3 is 6.18 Å². The Kier molecular flexibility index (Phi) is 5.56. The lowest BCUT2D eigenvalue weighted by Gasteiger charge is -2.25. The molecule has 1 aliphatic heterocycles. The van der Waals surface area contributed by atoms with Gasteiger partial charge < -0.3 is 14.8 Å². The van der Waals surface area contributed by atoms with Gasteiger partial charge in [0.15, 0.2) is 0 Å². The number of rotatable bonds is 5. The van der Waals surface area contributed by atoms with Crippen LogP contribution < -0.4 is 14.8 Å². The van der Waals surface area contributed by atoms with E-state index < -0.39 is 12.6 Å². The second-order valence-corrected chi connectivity index (χ2v) is 5.62. The molecule has 1 unspecified atom stereocenters. The summed E-state index contributed by atoms with van der Waals surface area (Å²) in [6, 6.07) is 3.46. The maximum Gasteiger partial charge on any atom is 0.393 e. The Morgan fingerprint density at radius 3 is 2.27 bits per heavy atom. The highest BCUT2D eigenvalue weighted by atomic mass is 19.4. The van der Waals surface area contributed by atoms with Crippen molar-refractivity contribution in [3.63, 3.8) is 0 Å². The molecule has 1 heterocycles. The highest BCUT2D eigenvalue weighted by Gasteiger charge is 2.30. The number of ether oxygens (including phenoxy) is 2. The number of halogens is 3. The third-order valence-corrected chi connectivity index (χ3v) is 3.95. The van der Waals surface area contributed by atoms with Crippen LogP contribution in [0.1, 0.15) is 30.4 Å². The molecule has 0 bridgehead atoms. The average Bonchev–Trinajstić information content (AvgIpc) is 2.48. The first kappa shape index (κ1) is 16.9. The zero-order valence-corrected chi connectivity index (χ0v) is 12.9. The second-order valence-electron chi connectivity index (χ2n) is 5.62. The summed E-state index contributed by atoms with van der Waals surface area (Å²) in [5.41, 5.74) is 0.983. The number of nitrogens with one attached hydrogen (secondary N) is 1. The largest absolute Gasteiger partial charge is 0.496 e. The molecule has 1 aromatic rings. The molecule has 124 valence electrons. The SMILES string of the molecule is COc1cc(CC(F)(F)F)c(OC)cc1CC1CCCCN1. The molecule has 0 aliphatic carbocycles. The summed E-state index contributed by atoms with van der Waals surface area (Å²) < 4.78 is 48.4. The van der Waals surface area contributed by atoms with Gasteiger partial charge in [-0.1, -0.05) is 6.42 Å². The minimum absolute atomic E-state index is 0.104. The third-order valence-electron chi connectivity index (χ3n) is 3.95. The Bertz CT molecular complexity index is 497. The average molecular weight is 317 g/mol. The minimum Gasteiger partial charge on any atom is -0.496 e. The summed E-state index contributed by atoms with van der Waals surface area (Å²) in [5.74, 6) is 0.761. The van der Waals surface area contributed by atoms with Crippen LogP contribution in [0, 0.1) is 0 Å². The Morgan fingerprint density at radius 2 is 1.73 bits per heavy atom. The van der Waals surface area contributed by atoms with Gasteiger partial charge in [0.05, 0.1) is 20.6 Å². The van der Waals surface area contributed by atoms with Gasteiger partial charge in [0, 0.05) is 11.6 Å². The molecule has 3 nitrogen and oxygen atoms in total. The molecule has 6 heteroatoms. The van der Waals surface area contributed by atoms with Crippen LogP contribution in [0.15, 0.2) is 12.1 Å². The highest BCUT2D eigenvalue weighted by molar-refractivity contribution is 5.47. The molecule has 1 aliphatic rings. The Morgan fingerprint density at radius 1 is 1.09 bits per heavy atom. The van der Waals surface area contributed by atoms with Crippen molar-refractivity contribution in [2.75, 3.05) is 20.8 Å². The van der Waals surface area contributed by atoms with Crippen molar-refractivity contribution >= 4 is 0 Å². The van der Waals surface area contributed by atoms with Crippen molar-refractivity contribution in [2.45, 2.75) is 44.3 Å². The van der Waals surface area contributed by atoms with Crippen molar-refractivity contribution in [1.29, 1.82) is 0 Å². The lowest BCUT2D eigenvalue weighted by Crippen LogP contribution is -2.35. The van der Waals surface area contributed by atoms with Crippen LogP contribution in [-0.4, -0.2) is 33.0 Å². The molecule has 1 fully saturated rings. The number of methoxy groups -OCH3 is 2. The molecule has 0 spiro atoms. The first-order chi connectivity index (χ1) is 10.4. The Hall–Kier alpha value is -1.43. The van der Waals surface area contributed by atoms with E-state index in [1.54, 1.807) is 6.07 Å². The van der Waals surface area contributed by atoms with Crippen LogP contribution in [-0.2, 0) is 12.8 Å². The van der Waals surface area contributed by atoms with E-state index in [2.05, 4.69) is 5.32 Å². The van der Waals surface area contributed by atoms with Crippen LogP contribution >= 0.6 is 0 Å². The van der Waals surface area contributed by atoms with E-state index in [0.717, 1.165) is 24.9 Å². The summed E-state index contributed by atoms with van der Waals surface area (Å²) in [7, 11) is 2.88. The first-order valence-electron chi connectivity index (χ1n) is 7.47. The van der Waals surface area contributed by atoms with Crippen molar-refractivity contribution in [1.82, 2.24) is 5.32 Å². The molecule has 1 atom stereocenters. The molecule has 22 heavy (non-hydrogen) atoms. The van der Waals surface area contributed by atoms with Gasteiger partial charge in [-0.05, 0) is 43.5 Å². The lowest BCUT2D eigenvalue weighted by molar-refractivity contribution is -0.127. The van der Waals surface area contributed by atoms with Crippen LogP contribution in [0.25, 0.3) is 0 Å². The Balaban J connectivity index is 2.25. The summed E-state index contributed by atoms with van der Waals surface area (Å²) in [5, 5.41) is 3.43.